The summed E-state index contributed by atoms with van der Waals surface area (Å²) < 4.78 is 33.8. The Labute approximate surface area is 195 Å². The number of nitrogens with zero attached hydrogens (tertiary/aromatic N) is 2. The number of pyridine rings is 1. The molecule has 0 saturated carbocycles. The Morgan fingerprint density at radius 1 is 1.12 bits per heavy atom. The van der Waals surface area contributed by atoms with Crippen molar-refractivity contribution in [3.05, 3.63) is 95.3 Å². The van der Waals surface area contributed by atoms with Crippen molar-refractivity contribution in [2.45, 2.75) is 19.9 Å². The van der Waals surface area contributed by atoms with Gasteiger partial charge in [-0.25, -0.2) is 8.78 Å². The van der Waals surface area contributed by atoms with Gasteiger partial charge in [-0.05, 0) is 53.9 Å². The SMILES string of the molecule is CC(C)COc1ccc(/C(O)=C2\C(=O)C(=O)N(c3ccc(F)cc3F)C2c2cccnc2)cc1. The van der Waals surface area contributed by atoms with E-state index in [1.807, 2.05) is 13.8 Å². The van der Waals surface area contributed by atoms with Crippen LogP contribution in [0.3, 0.4) is 0 Å². The van der Waals surface area contributed by atoms with E-state index in [4.69, 9.17) is 4.74 Å². The number of hydrogen-bond acceptors (Lipinski definition) is 5. The zero-order valence-electron chi connectivity index (χ0n) is 18.5. The van der Waals surface area contributed by atoms with Crippen molar-refractivity contribution < 1.29 is 28.2 Å². The van der Waals surface area contributed by atoms with E-state index in [-0.39, 0.29) is 16.8 Å². The molecule has 1 N–H and O–H groups in total. The number of carbonyl (C=O) groups is 2. The Morgan fingerprint density at radius 3 is 2.47 bits per heavy atom. The number of benzene rings is 2. The fourth-order valence-electron chi connectivity index (χ4n) is 3.74. The largest absolute Gasteiger partial charge is 0.507 e. The third-order valence-electron chi connectivity index (χ3n) is 5.32. The van der Waals surface area contributed by atoms with E-state index in [2.05, 4.69) is 4.98 Å². The second-order valence-electron chi connectivity index (χ2n) is 8.28. The van der Waals surface area contributed by atoms with Crippen LogP contribution in [0.15, 0.2) is 72.6 Å². The molecule has 1 saturated heterocycles. The Morgan fingerprint density at radius 2 is 1.85 bits per heavy atom. The highest BCUT2D eigenvalue weighted by molar-refractivity contribution is 6.51. The molecule has 2 aromatic carbocycles. The van der Waals surface area contributed by atoms with Gasteiger partial charge in [0.2, 0.25) is 0 Å². The van der Waals surface area contributed by atoms with E-state index in [1.165, 1.54) is 12.4 Å². The molecule has 0 bridgehead atoms. The Balaban J connectivity index is 1.82. The van der Waals surface area contributed by atoms with Gasteiger partial charge in [-0.1, -0.05) is 19.9 Å². The van der Waals surface area contributed by atoms with E-state index in [1.54, 1.807) is 36.4 Å². The number of anilines is 1. The molecule has 0 radical (unpaired) electrons. The Kier molecular flexibility index (Phi) is 6.40. The lowest BCUT2D eigenvalue weighted by Gasteiger charge is -2.25. The number of Topliss-reactive ketones (excluding diaryl/α,β-unsaturated/α-hetero) is 1. The summed E-state index contributed by atoms with van der Waals surface area (Å²) in [6, 6.07) is 11.2. The fourth-order valence-corrected chi connectivity index (χ4v) is 3.74. The van der Waals surface area contributed by atoms with Crippen LogP contribution in [0.25, 0.3) is 5.76 Å². The lowest BCUT2D eigenvalue weighted by Crippen LogP contribution is -2.30. The fraction of sp³-hybridized carbons (Fsp3) is 0.192. The summed E-state index contributed by atoms with van der Waals surface area (Å²) in [6.07, 6.45) is 2.92. The summed E-state index contributed by atoms with van der Waals surface area (Å²) in [6.45, 7) is 4.55. The minimum atomic E-state index is -1.16. The quantitative estimate of drug-likeness (QED) is 0.315. The second-order valence-corrected chi connectivity index (χ2v) is 8.28. The molecule has 1 fully saturated rings. The first-order valence-corrected chi connectivity index (χ1v) is 10.7. The molecule has 0 spiro atoms. The zero-order valence-corrected chi connectivity index (χ0v) is 18.5. The highest BCUT2D eigenvalue weighted by atomic mass is 19.1. The predicted octanol–water partition coefficient (Wildman–Crippen LogP) is 5.02. The van der Waals surface area contributed by atoms with Crippen LogP contribution >= 0.6 is 0 Å². The first kappa shape index (κ1) is 23.1. The predicted molar refractivity (Wildman–Crippen MR) is 122 cm³/mol. The molecule has 174 valence electrons. The van der Waals surface area contributed by atoms with Crippen LogP contribution in [0.2, 0.25) is 0 Å². The third kappa shape index (κ3) is 4.39. The van der Waals surface area contributed by atoms with Crippen LogP contribution in [0.4, 0.5) is 14.5 Å². The minimum Gasteiger partial charge on any atom is -0.507 e. The molecule has 2 heterocycles. The molecular weight excluding hydrogens is 442 g/mol. The van der Waals surface area contributed by atoms with E-state index in [9.17, 15) is 23.5 Å². The van der Waals surface area contributed by atoms with Gasteiger partial charge >= 0.3 is 0 Å². The third-order valence-corrected chi connectivity index (χ3v) is 5.32. The monoisotopic (exact) mass is 464 g/mol. The molecule has 1 amide bonds. The molecule has 34 heavy (non-hydrogen) atoms. The maximum absolute atomic E-state index is 14.7. The van der Waals surface area contributed by atoms with Crippen molar-refractivity contribution in [1.82, 2.24) is 4.98 Å². The number of carbonyl (C=O) groups excluding carboxylic acids is 2. The van der Waals surface area contributed by atoms with Gasteiger partial charge in [-0.15, -0.1) is 0 Å². The molecule has 1 aliphatic heterocycles. The standard InChI is InChI=1S/C26H22F2N2O4/c1-15(2)14-34-19-8-5-16(6-9-19)24(31)22-23(17-4-3-11-29-13-17)30(26(33)25(22)32)21-10-7-18(27)12-20(21)28/h3-13,15,23,31H,14H2,1-2H3/b24-22+. The highest BCUT2D eigenvalue weighted by Crippen LogP contribution is 2.42. The van der Waals surface area contributed by atoms with Crippen molar-refractivity contribution >= 4 is 23.1 Å². The van der Waals surface area contributed by atoms with Gasteiger partial charge in [0, 0.05) is 24.0 Å². The van der Waals surface area contributed by atoms with Crippen molar-refractivity contribution in [2.24, 2.45) is 5.92 Å². The number of aromatic nitrogens is 1. The smallest absolute Gasteiger partial charge is 0.300 e. The van der Waals surface area contributed by atoms with Crippen LogP contribution in [0, 0.1) is 17.6 Å². The zero-order chi connectivity index (χ0) is 24.4. The van der Waals surface area contributed by atoms with Crippen molar-refractivity contribution in [3.8, 4) is 5.75 Å². The number of aliphatic hydroxyl groups is 1. The van der Waals surface area contributed by atoms with Crippen LogP contribution in [0.1, 0.15) is 31.0 Å². The van der Waals surface area contributed by atoms with Crippen molar-refractivity contribution in [1.29, 1.82) is 0 Å². The molecule has 1 atom stereocenters. The summed E-state index contributed by atoms with van der Waals surface area (Å²) in [7, 11) is 0. The topological polar surface area (TPSA) is 79.7 Å². The van der Waals surface area contributed by atoms with Gasteiger partial charge in [-0.3, -0.25) is 19.5 Å². The molecule has 8 heteroatoms. The summed E-state index contributed by atoms with van der Waals surface area (Å²) in [5, 5.41) is 11.1. The highest BCUT2D eigenvalue weighted by Gasteiger charge is 2.47. The molecule has 1 unspecified atom stereocenters. The summed E-state index contributed by atoms with van der Waals surface area (Å²) in [5.74, 6) is -3.38. The number of ketones is 1. The van der Waals surface area contributed by atoms with Crippen LogP contribution in [0.5, 0.6) is 5.75 Å². The lowest BCUT2D eigenvalue weighted by molar-refractivity contribution is -0.132. The van der Waals surface area contributed by atoms with E-state index >= 15 is 0 Å². The normalized spacial score (nSPS) is 17.4. The molecule has 0 aliphatic carbocycles. The van der Waals surface area contributed by atoms with Crippen LogP contribution in [-0.2, 0) is 9.59 Å². The molecular formula is C26H22F2N2O4. The van der Waals surface area contributed by atoms with Gasteiger partial charge in [-0.2, -0.15) is 0 Å². The van der Waals surface area contributed by atoms with Gasteiger partial charge in [0.25, 0.3) is 11.7 Å². The van der Waals surface area contributed by atoms with Gasteiger partial charge in [0.05, 0.1) is 23.9 Å². The Bertz CT molecular complexity index is 1260. The molecule has 1 aromatic heterocycles. The van der Waals surface area contributed by atoms with Gasteiger partial charge in [0.1, 0.15) is 23.1 Å². The lowest BCUT2D eigenvalue weighted by atomic mass is 9.96. The Hall–Kier alpha value is -4.07. The maximum Gasteiger partial charge on any atom is 0.300 e. The molecule has 3 aromatic rings. The number of aliphatic hydroxyl groups excluding tert-OH is 1. The average Bonchev–Trinajstić information content (AvgIpc) is 3.08. The second kappa shape index (κ2) is 9.43. The van der Waals surface area contributed by atoms with Crippen LogP contribution < -0.4 is 9.64 Å². The minimum absolute atomic E-state index is 0.224. The summed E-state index contributed by atoms with van der Waals surface area (Å²) >= 11 is 0. The molecule has 1 aliphatic rings. The number of hydrogen-bond donors (Lipinski definition) is 1. The molecule has 6 nitrogen and oxygen atoms in total. The average molecular weight is 464 g/mol. The van der Waals surface area contributed by atoms with Crippen molar-refractivity contribution in [3.63, 3.8) is 0 Å². The number of ether oxygens (including phenoxy) is 1. The van der Waals surface area contributed by atoms with Crippen molar-refractivity contribution in [2.75, 3.05) is 11.5 Å². The van der Waals surface area contributed by atoms with Crippen LogP contribution in [-0.4, -0.2) is 28.4 Å². The maximum atomic E-state index is 14.7. The number of halogens is 2. The summed E-state index contributed by atoms with van der Waals surface area (Å²) in [4.78, 5) is 31.0. The van der Waals surface area contributed by atoms with Gasteiger partial charge < -0.3 is 9.84 Å². The molecule has 4 rings (SSSR count). The number of rotatable bonds is 6. The van der Waals surface area contributed by atoms with E-state index < -0.39 is 35.1 Å². The van der Waals surface area contributed by atoms with Gasteiger partial charge in [0.15, 0.2) is 0 Å². The van der Waals surface area contributed by atoms with E-state index in [0.717, 1.165) is 17.0 Å². The first-order valence-electron chi connectivity index (χ1n) is 10.7. The summed E-state index contributed by atoms with van der Waals surface area (Å²) in [5.41, 5.74) is 0.152. The first-order chi connectivity index (χ1) is 16.3. The number of amides is 1. The van der Waals surface area contributed by atoms with E-state index in [0.29, 0.717) is 29.9 Å².